The van der Waals surface area contributed by atoms with Crippen molar-refractivity contribution in [3.63, 3.8) is 0 Å². The van der Waals surface area contributed by atoms with Crippen LogP contribution in [-0.4, -0.2) is 50.0 Å². The lowest BCUT2D eigenvalue weighted by Crippen LogP contribution is -2.39. The van der Waals surface area contributed by atoms with Gasteiger partial charge in [0.15, 0.2) is 0 Å². The molecule has 0 radical (unpaired) electrons. The van der Waals surface area contributed by atoms with E-state index in [1.807, 2.05) is 6.92 Å². The predicted octanol–water partition coefficient (Wildman–Crippen LogP) is 4.34. The molecule has 0 aliphatic heterocycles. The van der Waals surface area contributed by atoms with Crippen LogP contribution < -0.4 is 0 Å². The van der Waals surface area contributed by atoms with Crippen LogP contribution in [0.3, 0.4) is 0 Å². The molecule has 1 saturated carbocycles. The van der Waals surface area contributed by atoms with Gasteiger partial charge in [0.2, 0.25) is 24.3 Å². The quantitative estimate of drug-likeness (QED) is 0.377. The summed E-state index contributed by atoms with van der Waals surface area (Å²) in [5.74, 6) is 0.349. The minimum absolute atomic E-state index is 0.00750. The number of isocyanates is 4. The van der Waals surface area contributed by atoms with Crippen molar-refractivity contribution in [1.82, 2.24) is 0 Å². The van der Waals surface area contributed by atoms with Crippen LogP contribution in [0.2, 0.25) is 0 Å². The van der Waals surface area contributed by atoms with E-state index >= 15 is 0 Å². The fraction of sp³-hybridized carbons (Fsp3) is 0.826. The summed E-state index contributed by atoms with van der Waals surface area (Å²) in [6.07, 6.45) is 10.8. The zero-order chi connectivity index (χ0) is 24.0. The number of aliphatic imine (C=N–C) groups is 4. The Morgan fingerprint density at radius 2 is 1.55 bits per heavy atom. The topological polar surface area (TPSA) is 118 Å². The summed E-state index contributed by atoms with van der Waals surface area (Å²) in [7, 11) is 0. The number of carbonyl (C=O) groups excluding carboxylic acids is 4. The van der Waals surface area contributed by atoms with E-state index in [-0.39, 0.29) is 22.3 Å². The highest BCUT2D eigenvalue weighted by molar-refractivity contribution is 5.34. The third kappa shape index (κ3) is 13.4. The van der Waals surface area contributed by atoms with Gasteiger partial charge in [-0.25, -0.2) is 39.1 Å². The van der Waals surface area contributed by atoms with Gasteiger partial charge in [-0.05, 0) is 54.3 Å². The van der Waals surface area contributed by atoms with Crippen LogP contribution in [0.1, 0.15) is 73.6 Å². The molecule has 0 aromatic heterocycles. The fourth-order valence-corrected chi connectivity index (χ4v) is 4.80. The standard InChI is InChI=1S/C12H18N2O2.C11H18N2O2/c1-11(2)4-10(14-9-16)5-12(3,6-11)7-13-8-15;1-10(7-13-9-15)6-11(2,3)4-5-12-8-14/h10H,4-7H2,1-3H3;10H,4-7H2,1-3H3. The molecule has 0 aromatic rings. The molecule has 172 valence electrons. The van der Waals surface area contributed by atoms with E-state index in [0.717, 1.165) is 32.1 Å². The Morgan fingerprint density at radius 1 is 0.935 bits per heavy atom. The maximum absolute atomic E-state index is 10.3. The van der Waals surface area contributed by atoms with Gasteiger partial charge in [-0.3, -0.25) is 0 Å². The Morgan fingerprint density at radius 3 is 2.10 bits per heavy atom. The van der Waals surface area contributed by atoms with Crippen LogP contribution in [0.4, 0.5) is 0 Å². The molecule has 1 rings (SSSR count). The summed E-state index contributed by atoms with van der Waals surface area (Å²) < 4.78 is 0. The zero-order valence-corrected chi connectivity index (χ0v) is 19.7. The summed E-state index contributed by atoms with van der Waals surface area (Å²) in [6, 6.07) is 0.00750. The van der Waals surface area contributed by atoms with Crippen molar-refractivity contribution >= 4 is 24.3 Å². The molecule has 31 heavy (non-hydrogen) atoms. The van der Waals surface area contributed by atoms with Gasteiger partial charge in [-0.1, -0.05) is 41.5 Å². The van der Waals surface area contributed by atoms with Gasteiger partial charge in [0.05, 0.1) is 25.7 Å². The third-order valence-corrected chi connectivity index (χ3v) is 5.52. The molecule has 8 heteroatoms. The van der Waals surface area contributed by atoms with Crippen LogP contribution in [0, 0.1) is 22.2 Å². The van der Waals surface area contributed by atoms with Crippen LogP contribution in [0.15, 0.2) is 20.0 Å². The monoisotopic (exact) mass is 432 g/mol. The average molecular weight is 433 g/mol. The first kappa shape index (κ1) is 28.5. The lowest BCUT2D eigenvalue weighted by atomic mass is 9.63. The molecular weight excluding hydrogens is 396 g/mol. The Hall–Kier alpha value is -2.48. The normalized spacial score (nSPS) is 22.7. The van der Waals surface area contributed by atoms with Crippen LogP contribution in [-0.2, 0) is 19.2 Å². The predicted molar refractivity (Wildman–Crippen MR) is 119 cm³/mol. The van der Waals surface area contributed by atoms with Gasteiger partial charge >= 0.3 is 0 Å². The van der Waals surface area contributed by atoms with Crippen LogP contribution in [0.5, 0.6) is 0 Å². The molecule has 0 amide bonds. The van der Waals surface area contributed by atoms with E-state index in [2.05, 4.69) is 54.6 Å². The maximum atomic E-state index is 10.3. The molecule has 0 spiro atoms. The van der Waals surface area contributed by atoms with E-state index in [1.165, 1.54) is 6.08 Å². The fourth-order valence-electron chi connectivity index (χ4n) is 4.80. The first-order valence-corrected chi connectivity index (χ1v) is 10.6. The minimum Gasteiger partial charge on any atom is -0.211 e. The number of nitrogens with zero attached hydrogens (tertiary/aromatic N) is 4. The van der Waals surface area contributed by atoms with Gasteiger partial charge in [0.1, 0.15) is 0 Å². The maximum Gasteiger partial charge on any atom is 0.235 e. The highest BCUT2D eigenvalue weighted by Crippen LogP contribution is 2.47. The lowest BCUT2D eigenvalue weighted by Gasteiger charge is -2.44. The summed E-state index contributed by atoms with van der Waals surface area (Å²) >= 11 is 0. The van der Waals surface area contributed by atoms with Crippen molar-refractivity contribution in [2.24, 2.45) is 42.1 Å². The smallest absolute Gasteiger partial charge is 0.211 e. The molecule has 0 N–H and O–H groups in total. The number of hydrogen-bond donors (Lipinski definition) is 0. The average Bonchev–Trinajstić information content (AvgIpc) is 2.63. The highest BCUT2D eigenvalue weighted by atomic mass is 16.1. The SMILES string of the molecule is CC(CN=C=O)CC(C)(C)CCN=C=O.CC1(C)CC(N=C=O)CC(C)(CN=C=O)C1. The molecule has 0 aromatic carbocycles. The molecule has 8 nitrogen and oxygen atoms in total. The molecule has 0 heterocycles. The Balaban J connectivity index is 0.000000582. The van der Waals surface area contributed by atoms with Gasteiger partial charge in [-0.15, -0.1) is 0 Å². The molecule has 0 bridgehead atoms. The summed E-state index contributed by atoms with van der Waals surface area (Å²) in [6.45, 7) is 14.2. The molecule has 1 fully saturated rings. The lowest BCUT2D eigenvalue weighted by molar-refractivity contribution is 0.0915. The van der Waals surface area contributed by atoms with E-state index in [4.69, 9.17) is 0 Å². The van der Waals surface area contributed by atoms with E-state index in [9.17, 15) is 19.2 Å². The Bertz CT molecular complexity index is 754. The van der Waals surface area contributed by atoms with Gasteiger partial charge in [0.25, 0.3) is 0 Å². The molecule has 0 saturated heterocycles. The van der Waals surface area contributed by atoms with Crippen molar-refractivity contribution in [2.45, 2.75) is 79.7 Å². The van der Waals surface area contributed by atoms with Crippen molar-refractivity contribution in [2.75, 3.05) is 19.6 Å². The third-order valence-electron chi connectivity index (χ3n) is 5.52. The first-order valence-electron chi connectivity index (χ1n) is 10.6. The van der Waals surface area contributed by atoms with E-state index in [0.29, 0.717) is 25.6 Å². The van der Waals surface area contributed by atoms with Gasteiger partial charge in [-0.2, -0.15) is 0 Å². The summed E-state index contributed by atoms with van der Waals surface area (Å²) in [4.78, 5) is 55.0. The van der Waals surface area contributed by atoms with Gasteiger partial charge in [0, 0.05) is 0 Å². The Labute approximate surface area is 185 Å². The van der Waals surface area contributed by atoms with Crippen LogP contribution >= 0.6 is 0 Å². The molecular formula is C23H36N4O4. The number of hydrogen-bond acceptors (Lipinski definition) is 8. The second-order valence-electron chi connectivity index (χ2n) is 10.5. The Kier molecular flexibility index (Phi) is 12.6. The largest absolute Gasteiger partial charge is 0.235 e. The number of rotatable bonds is 10. The molecule has 1 aliphatic rings. The second kappa shape index (κ2) is 13.7. The molecule has 3 unspecified atom stereocenters. The van der Waals surface area contributed by atoms with Crippen LogP contribution in [0.25, 0.3) is 0 Å². The van der Waals surface area contributed by atoms with Gasteiger partial charge < -0.3 is 0 Å². The second-order valence-corrected chi connectivity index (χ2v) is 10.5. The molecule has 1 aliphatic carbocycles. The minimum atomic E-state index is -0.0653. The first-order chi connectivity index (χ1) is 14.4. The summed E-state index contributed by atoms with van der Waals surface area (Å²) in [5, 5.41) is 0. The molecule has 3 atom stereocenters. The summed E-state index contributed by atoms with van der Waals surface area (Å²) in [5.41, 5.74) is 0.165. The highest BCUT2D eigenvalue weighted by Gasteiger charge is 2.41. The van der Waals surface area contributed by atoms with Crippen molar-refractivity contribution in [3.05, 3.63) is 0 Å². The van der Waals surface area contributed by atoms with E-state index < -0.39 is 0 Å². The van der Waals surface area contributed by atoms with E-state index in [1.54, 1.807) is 18.2 Å². The zero-order valence-electron chi connectivity index (χ0n) is 19.7. The van der Waals surface area contributed by atoms with Crippen molar-refractivity contribution < 1.29 is 19.2 Å². The van der Waals surface area contributed by atoms with Crippen molar-refractivity contribution in [1.29, 1.82) is 0 Å². The van der Waals surface area contributed by atoms with Crippen molar-refractivity contribution in [3.8, 4) is 0 Å².